The molecule has 3 heterocycles. The summed E-state index contributed by atoms with van der Waals surface area (Å²) in [6, 6.07) is 55.6. The average molecular weight is 629 g/mol. The third kappa shape index (κ3) is 5.33. The molecule has 0 aliphatic carbocycles. The summed E-state index contributed by atoms with van der Waals surface area (Å²) in [6.07, 6.45) is 1.84. The van der Waals surface area contributed by atoms with Crippen LogP contribution in [0.4, 0.5) is 0 Å². The Hall–Kier alpha value is -6.72. The Morgan fingerprint density at radius 2 is 0.837 bits per heavy atom. The van der Waals surface area contributed by atoms with E-state index in [-0.39, 0.29) is 0 Å². The predicted molar refractivity (Wildman–Crippen MR) is 198 cm³/mol. The molecule has 3 aromatic heterocycles. The smallest absolute Gasteiger partial charge is 0.164 e. The second kappa shape index (κ2) is 12.1. The van der Waals surface area contributed by atoms with Gasteiger partial charge in [0, 0.05) is 39.2 Å². The topological polar surface area (TPSA) is 64.7 Å². The summed E-state index contributed by atoms with van der Waals surface area (Å²) in [5.74, 6) is 1.79. The quantitative estimate of drug-likeness (QED) is 0.183. The van der Waals surface area contributed by atoms with Gasteiger partial charge in [0.25, 0.3) is 0 Å². The molecule has 230 valence electrons. The van der Waals surface area contributed by atoms with Crippen molar-refractivity contribution >= 4 is 21.9 Å². The van der Waals surface area contributed by atoms with E-state index in [0.29, 0.717) is 17.5 Å². The predicted octanol–water partition coefficient (Wildman–Crippen LogP) is 11.2. The molecule has 0 saturated heterocycles. The van der Waals surface area contributed by atoms with Gasteiger partial charge >= 0.3 is 0 Å². The van der Waals surface area contributed by atoms with E-state index in [4.69, 9.17) is 24.4 Å². The molecule has 49 heavy (non-hydrogen) atoms. The highest BCUT2D eigenvalue weighted by Gasteiger charge is 2.20. The molecule has 0 unspecified atom stereocenters. The highest BCUT2D eigenvalue weighted by molar-refractivity contribution is 6.14. The number of furan rings is 1. The van der Waals surface area contributed by atoms with E-state index in [1.807, 2.05) is 66.9 Å². The summed E-state index contributed by atoms with van der Waals surface area (Å²) < 4.78 is 6.57. The maximum absolute atomic E-state index is 6.57. The third-order valence-electron chi connectivity index (χ3n) is 8.84. The maximum Gasteiger partial charge on any atom is 0.164 e. The molecular formula is C44H28N4O. The lowest BCUT2D eigenvalue weighted by Crippen LogP contribution is -2.00. The maximum atomic E-state index is 6.57. The first-order valence-corrected chi connectivity index (χ1v) is 16.2. The van der Waals surface area contributed by atoms with Crippen molar-refractivity contribution in [1.29, 1.82) is 0 Å². The van der Waals surface area contributed by atoms with Gasteiger partial charge in [0.05, 0.1) is 0 Å². The van der Waals surface area contributed by atoms with Gasteiger partial charge in [-0.1, -0.05) is 152 Å². The molecule has 0 aliphatic rings. The number of fused-ring (bicyclic) bond motifs is 3. The zero-order valence-corrected chi connectivity index (χ0v) is 26.4. The van der Waals surface area contributed by atoms with Crippen molar-refractivity contribution in [1.82, 2.24) is 19.9 Å². The average Bonchev–Trinajstić information content (AvgIpc) is 3.58. The van der Waals surface area contributed by atoms with Gasteiger partial charge in [0.2, 0.25) is 0 Å². The molecular weight excluding hydrogens is 601 g/mol. The fourth-order valence-electron chi connectivity index (χ4n) is 6.38. The van der Waals surface area contributed by atoms with E-state index in [1.165, 1.54) is 5.56 Å². The molecule has 9 aromatic rings. The van der Waals surface area contributed by atoms with Crippen molar-refractivity contribution < 1.29 is 4.42 Å². The minimum absolute atomic E-state index is 0.579. The van der Waals surface area contributed by atoms with Crippen LogP contribution >= 0.6 is 0 Å². The van der Waals surface area contributed by atoms with E-state index < -0.39 is 0 Å². The van der Waals surface area contributed by atoms with Crippen LogP contribution in [0.15, 0.2) is 174 Å². The van der Waals surface area contributed by atoms with Gasteiger partial charge in [-0.25, -0.2) is 15.0 Å². The number of aromatic nitrogens is 4. The minimum atomic E-state index is 0.579. The lowest BCUT2D eigenvalue weighted by Gasteiger charge is -2.10. The fraction of sp³-hybridized carbons (Fsp3) is 0. The van der Waals surface area contributed by atoms with Gasteiger partial charge < -0.3 is 4.42 Å². The summed E-state index contributed by atoms with van der Waals surface area (Å²) in [7, 11) is 0. The minimum Gasteiger partial charge on any atom is -0.454 e. The van der Waals surface area contributed by atoms with Crippen LogP contribution in [-0.4, -0.2) is 19.9 Å². The number of pyridine rings is 1. The highest BCUT2D eigenvalue weighted by Crippen LogP contribution is 2.40. The summed E-state index contributed by atoms with van der Waals surface area (Å²) in [5, 5.41) is 1.90. The van der Waals surface area contributed by atoms with Crippen molar-refractivity contribution in [2.75, 3.05) is 0 Å². The number of hydrogen-bond donors (Lipinski definition) is 0. The number of rotatable bonds is 6. The van der Waals surface area contributed by atoms with Gasteiger partial charge in [0.15, 0.2) is 23.1 Å². The Kier molecular flexibility index (Phi) is 7.06. The van der Waals surface area contributed by atoms with Crippen LogP contribution in [0.3, 0.4) is 0 Å². The van der Waals surface area contributed by atoms with E-state index in [9.17, 15) is 0 Å². The first kappa shape index (κ1) is 28.5. The molecule has 5 heteroatoms. The number of benzene rings is 6. The Balaban J connectivity index is 1.18. The van der Waals surface area contributed by atoms with Crippen LogP contribution in [0.2, 0.25) is 0 Å². The van der Waals surface area contributed by atoms with Crippen molar-refractivity contribution in [2.24, 2.45) is 0 Å². The summed E-state index contributed by atoms with van der Waals surface area (Å²) in [4.78, 5) is 19.9. The number of nitrogens with zero attached hydrogens (tertiary/aromatic N) is 4. The standard InChI is InChI=1S/C44H28N4O/c1-4-11-29(12-5-1)31-19-23-33(24-20-31)40-41-36(27-28-45-40)39-37(17-10-18-38(39)49-41)44-47-42(34-15-8-3-9-16-34)46-43(48-44)35-25-21-32(22-26-35)30-13-6-2-7-14-30/h1-28H. The van der Waals surface area contributed by atoms with Gasteiger partial charge in [0.1, 0.15) is 11.3 Å². The lowest BCUT2D eigenvalue weighted by atomic mass is 10.0. The van der Waals surface area contributed by atoms with E-state index in [0.717, 1.165) is 66.6 Å². The van der Waals surface area contributed by atoms with Gasteiger partial charge in [-0.3, -0.25) is 4.98 Å². The Morgan fingerprint density at radius 3 is 1.43 bits per heavy atom. The second-order valence-corrected chi connectivity index (χ2v) is 11.9. The second-order valence-electron chi connectivity index (χ2n) is 11.9. The van der Waals surface area contributed by atoms with Crippen molar-refractivity contribution in [2.45, 2.75) is 0 Å². The summed E-state index contributed by atoms with van der Waals surface area (Å²) in [5.41, 5.74) is 10.6. The summed E-state index contributed by atoms with van der Waals surface area (Å²) in [6.45, 7) is 0. The molecule has 5 nitrogen and oxygen atoms in total. The molecule has 0 bridgehead atoms. The van der Waals surface area contributed by atoms with Crippen LogP contribution in [-0.2, 0) is 0 Å². The molecule has 0 radical (unpaired) electrons. The van der Waals surface area contributed by atoms with Gasteiger partial charge in [-0.05, 0) is 34.4 Å². The largest absolute Gasteiger partial charge is 0.454 e. The Labute approximate surface area is 283 Å². The van der Waals surface area contributed by atoms with Gasteiger partial charge in [-0.15, -0.1) is 0 Å². The molecule has 0 amide bonds. The van der Waals surface area contributed by atoms with Gasteiger partial charge in [-0.2, -0.15) is 0 Å². The van der Waals surface area contributed by atoms with Crippen LogP contribution in [0.25, 0.3) is 89.6 Å². The highest BCUT2D eigenvalue weighted by atomic mass is 16.3. The van der Waals surface area contributed by atoms with E-state index >= 15 is 0 Å². The molecule has 0 fully saturated rings. The van der Waals surface area contributed by atoms with Crippen molar-refractivity contribution in [3.8, 4) is 67.7 Å². The van der Waals surface area contributed by atoms with Crippen LogP contribution in [0.5, 0.6) is 0 Å². The van der Waals surface area contributed by atoms with E-state index in [2.05, 4.69) is 103 Å². The van der Waals surface area contributed by atoms with Crippen molar-refractivity contribution in [3.05, 3.63) is 170 Å². The molecule has 0 atom stereocenters. The van der Waals surface area contributed by atoms with Crippen LogP contribution in [0.1, 0.15) is 0 Å². The Bertz CT molecular complexity index is 2560. The fourth-order valence-corrected chi connectivity index (χ4v) is 6.38. The first-order valence-electron chi connectivity index (χ1n) is 16.2. The molecule has 0 spiro atoms. The molecule has 0 aliphatic heterocycles. The summed E-state index contributed by atoms with van der Waals surface area (Å²) >= 11 is 0. The first-order chi connectivity index (χ1) is 24.3. The zero-order chi connectivity index (χ0) is 32.6. The SMILES string of the molecule is c1ccc(-c2ccc(-c3nc(-c4ccccc4)nc(-c4cccc5oc6c(-c7ccc(-c8ccccc8)cc7)nccc6c45)n3)cc2)cc1. The normalized spacial score (nSPS) is 11.3. The molecule has 9 rings (SSSR count). The molecule has 0 saturated carbocycles. The molecule has 0 N–H and O–H groups in total. The Morgan fingerprint density at radius 1 is 0.367 bits per heavy atom. The number of hydrogen-bond acceptors (Lipinski definition) is 5. The monoisotopic (exact) mass is 628 g/mol. The van der Waals surface area contributed by atoms with Crippen molar-refractivity contribution in [3.63, 3.8) is 0 Å². The third-order valence-corrected chi connectivity index (χ3v) is 8.84. The zero-order valence-electron chi connectivity index (χ0n) is 26.4. The van der Waals surface area contributed by atoms with Crippen LogP contribution in [0, 0.1) is 0 Å². The lowest BCUT2D eigenvalue weighted by molar-refractivity contribution is 0.668. The molecule has 6 aromatic carbocycles. The van der Waals surface area contributed by atoms with E-state index in [1.54, 1.807) is 0 Å². The van der Waals surface area contributed by atoms with Crippen LogP contribution < -0.4 is 0 Å².